The lowest BCUT2D eigenvalue weighted by molar-refractivity contribution is -0.126. The van der Waals surface area contributed by atoms with E-state index in [1.807, 2.05) is 29.2 Å². The number of amides is 2. The average Bonchev–Trinajstić information content (AvgIpc) is 2.71. The number of ether oxygens (including phenoxy) is 1. The normalized spacial score (nSPS) is 14.8. The summed E-state index contributed by atoms with van der Waals surface area (Å²) in [6.45, 7) is 7.03. The van der Waals surface area contributed by atoms with Gasteiger partial charge in [0, 0.05) is 31.1 Å². The summed E-state index contributed by atoms with van der Waals surface area (Å²) in [4.78, 5) is 26.8. The molecular formula is C22H34N2O3. The van der Waals surface area contributed by atoms with E-state index in [9.17, 15) is 9.59 Å². The zero-order valence-electron chi connectivity index (χ0n) is 16.8. The Balaban J connectivity index is 1.76. The number of carbonyl (C=O) groups is 2. The number of rotatable bonds is 10. The van der Waals surface area contributed by atoms with Crippen LogP contribution in [0.5, 0.6) is 5.75 Å². The average molecular weight is 375 g/mol. The lowest BCUT2D eigenvalue weighted by Crippen LogP contribution is -2.43. The summed E-state index contributed by atoms with van der Waals surface area (Å²) in [7, 11) is 0. The molecule has 0 aliphatic carbocycles. The molecule has 1 saturated heterocycles. The molecule has 1 aromatic rings. The minimum Gasteiger partial charge on any atom is -0.494 e. The van der Waals surface area contributed by atoms with Gasteiger partial charge in [0.05, 0.1) is 6.61 Å². The molecule has 0 saturated carbocycles. The largest absolute Gasteiger partial charge is 0.494 e. The van der Waals surface area contributed by atoms with Gasteiger partial charge in [-0.25, -0.2) is 0 Å². The van der Waals surface area contributed by atoms with Gasteiger partial charge >= 0.3 is 0 Å². The highest BCUT2D eigenvalue weighted by Gasteiger charge is 2.27. The van der Waals surface area contributed by atoms with Gasteiger partial charge in [-0.2, -0.15) is 0 Å². The van der Waals surface area contributed by atoms with Gasteiger partial charge in [0.15, 0.2) is 0 Å². The molecule has 0 aromatic heterocycles. The van der Waals surface area contributed by atoms with Crippen molar-refractivity contribution in [2.45, 2.75) is 58.8 Å². The van der Waals surface area contributed by atoms with Crippen LogP contribution in [0, 0.1) is 5.92 Å². The first-order chi connectivity index (χ1) is 13.2. The summed E-state index contributed by atoms with van der Waals surface area (Å²) in [6, 6.07) is 7.38. The topological polar surface area (TPSA) is 58.6 Å². The third-order valence-corrected chi connectivity index (χ3v) is 5.10. The van der Waals surface area contributed by atoms with Crippen molar-refractivity contribution in [1.29, 1.82) is 0 Å². The fraction of sp³-hybridized carbons (Fsp3) is 0.636. The molecule has 27 heavy (non-hydrogen) atoms. The van der Waals surface area contributed by atoms with Crippen LogP contribution < -0.4 is 10.1 Å². The summed E-state index contributed by atoms with van der Waals surface area (Å²) in [5, 5.41) is 3.03. The van der Waals surface area contributed by atoms with E-state index < -0.39 is 0 Å². The van der Waals surface area contributed by atoms with Gasteiger partial charge in [-0.1, -0.05) is 33.1 Å². The number of unbranched alkanes of at least 4 members (excludes halogenated alkanes) is 3. The van der Waals surface area contributed by atoms with E-state index in [0.29, 0.717) is 25.3 Å². The fourth-order valence-electron chi connectivity index (χ4n) is 3.29. The Morgan fingerprint density at radius 3 is 2.33 bits per heavy atom. The maximum atomic E-state index is 12.7. The Labute approximate surface area is 163 Å². The van der Waals surface area contributed by atoms with E-state index in [4.69, 9.17) is 4.74 Å². The van der Waals surface area contributed by atoms with Crippen LogP contribution in [0.25, 0.3) is 0 Å². The Morgan fingerprint density at radius 1 is 1.04 bits per heavy atom. The molecule has 150 valence electrons. The molecule has 5 heteroatoms. The van der Waals surface area contributed by atoms with Gasteiger partial charge < -0.3 is 15.0 Å². The second kappa shape index (κ2) is 11.6. The third kappa shape index (κ3) is 6.89. The number of nitrogens with zero attached hydrogens (tertiary/aromatic N) is 1. The molecule has 2 rings (SSSR count). The maximum Gasteiger partial charge on any atom is 0.253 e. The predicted molar refractivity (Wildman–Crippen MR) is 108 cm³/mol. The highest BCUT2D eigenvalue weighted by atomic mass is 16.5. The molecule has 1 fully saturated rings. The molecule has 2 amide bonds. The lowest BCUT2D eigenvalue weighted by atomic mass is 9.95. The first-order valence-electron chi connectivity index (χ1n) is 10.5. The molecule has 1 N–H and O–H groups in total. The smallest absolute Gasteiger partial charge is 0.253 e. The maximum absolute atomic E-state index is 12.7. The van der Waals surface area contributed by atoms with Crippen molar-refractivity contribution >= 4 is 11.8 Å². The van der Waals surface area contributed by atoms with Crippen molar-refractivity contribution in [2.24, 2.45) is 5.92 Å². The SMILES string of the molecule is CCCCCNC(=O)C1CCN(C(=O)c2ccc(OCCCC)cc2)CC1. The summed E-state index contributed by atoms with van der Waals surface area (Å²) < 4.78 is 5.65. The van der Waals surface area contributed by atoms with E-state index in [2.05, 4.69) is 19.2 Å². The summed E-state index contributed by atoms with van der Waals surface area (Å²) in [5.41, 5.74) is 0.681. The second-order valence-corrected chi connectivity index (χ2v) is 7.29. The van der Waals surface area contributed by atoms with E-state index in [1.165, 1.54) is 0 Å². The Bertz CT molecular complexity index is 578. The molecule has 5 nitrogen and oxygen atoms in total. The molecule has 0 unspecified atom stereocenters. The monoisotopic (exact) mass is 374 g/mol. The fourth-order valence-corrected chi connectivity index (χ4v) is 3.29. The van der Waals surface area contributed by atoms with Gasteiger partial charge in [0.2, 0.25) is 5.91 Å². The minimum atomic E-state index is 0.0324. The molecule has 0 bridgehead atoms. The molecule has 0 spiro atoms. The molecular weight excluding hydrogens is 340 g/mol. The van der Waals surface area contributed by atoms with Crippen molar-refractivity contribution in [3.05, 3.63) is 29.8 Å². The predicted octanol–water partition coefficient (Wildman–Crippen LogP) is 4.02. The minimum absolute atomic E-state index is 0.0324. The molecule has 1 aliphatic heterocycles. The summed E-state index contributed by atoms with van der Waals surface area (Å²) >= 11 is 0. The number of likely N-dealkylation sites (tertiary alicyclic amines) is 1. The molecule has 0 atom stereocenters. The van der Waals surface area contributed by atoms with E-state index >= 15 is 0 Å². The number of carbonyl (C=O) groups excluding carboxylic acids is 2. The van der Waals surface area contributed by atoms with Crippen LogP contribution in [0.4, 0.5) is 0 Å². The van der Waals surface area contributed by atoms with Gasteiger partial charge in [0.25, 0.3) is 5.91 Å². The van der Waals surface area contributed by atoms with Crippen molar-refractivity contribution in [2.75, 3.05) is 26.2 Å². The van der Waals surface area contributed by atoms with Crippen molar-refractivity contribution in [1.82, 2.24) is 10.2 Å². The van der Waals surface area contributed by atoms with Gasteiger partial charge in [-0.05, 0) is 49.9 Å². The van der Waals surface area contributed by atoms with Gasteiger partial charge in [-0.15, -0.1) is 0 Å². The van der Waals surface area contributed by atoms with Crippen molar-refractivity contribution in [3.63, 3.8) is 0 Å². The standard InChI is InChI=1S/C22H34N2O3/c1-3-5-7-14-23-21(25)18-12-15-24(16-13-18)22(26)19-8-10-20(11-9-19)27-17-6-4-2/h8-11,18H,3-7,12-17H2,1-2H3,(H,23,25). The van der Waals surface area contributed by atoms with Crippen LogP contribution in [0.3, 0.4) is 0 Å². The number of hydrogen-bond acceptors (Lipinski definition) is 3. The van der Waals surface area contributed by atoms with Crippen LogP contribution in [0.2, 0.25) is 0 Å². The van der Waals surface area contributed by atoms with Gasteiger partial charge in [-0.3, -0.25) is 9.59 Å². The van der Waals surface area contributed by atoms with Crippen molar-refractivity contribution in [3.8, 4) is 5.75 Å². The highest BCUT2D eigenvalue weighted by molar-refractivity contribution is 5.94. The van der Waals surface area contributed by atoms with Crippen LogP contribution in [0.1, 0.15) is 69.2 Å². The number of hydrogen-bond donors (Lipinski definition) is 1. The molecule has 1 aromatic carbocycles. The van der Waals surface area contributed by atoms with E-state index in [-0.39, 0.29) is 17.7 Å². The molecule has 1 heterocycles. The summed E-state index contributed by atoms with van der Waals surface area (Å²) in [6.07, 6.45) is 6.95. The Morgan fingerprint density at radius 2 is 1.70 bits per heavy atom. The number of piperidine rings is 1. The highest BCUT2D eigenvalue weighted by Crippen LogP contribution is 2.20. The van der Waals surface area contributed by atoms with E-state index in [0.717, 1.165) is 57.2 Å². The molecule has 0 radical (unpaired) electrons. The third-order valence-electron chi connectivity index (χ3n) is 5.10. The summed E-state index contributed by atoms with van der Waals surface area (Å²) in [5.74, 6) is 1.02. The van der Waals surface area contributed by atoms with Crippen LogP contribution in [-0.4, -0.2) is 43.0 Å². The zero-order chi connectivity index (χ0) is 19.5. The number of benzene rings is 1. The van der Waals surface area contributed by atoms with Crippen LogP contribution >= 0.6 is 0 Å². The second-order valence-electron chi connectivity index (χ2n) is 7.29. The Hall–Kier alpha value is -2.04. The van der Waals surface area contributed by atoms with Crippen molar-refractivity contribution < 1.29 is 14.3 Å². The lowest BCUT2D eigenvalue weighted by Gasteiger charge is -2.31. The van der Waals surface area contributed by atoms with Crippen LogP contribution in [0.15, 0.2) is 24.3 Å². The first kappa shape index (κ1) is 21.3. The quantitative estimate of drug-likeness (QED) is 0.629. The zero-order valence-corrected chi connectivity index (χ0v) is 16.8. The first-order valence-corrected chi connectivity index (χ1v) is 10.5. The van der Waals surface area contributed by atoms with Gasteiger partial charge in [0.1, 0.15) is 5.75 Å². The molecule has 1 aliphatic rings. The Kier molecular flexibility index (Phi) is 9.16. The van der Waals surface area contributed by atoms with E-state index in [1.54, 1.807) is 0 Å². The van der Waals surface area contributed by atoms with Crippen LogP contribution in [-0.2, 0) is 4.79 Å². The number of nitrogens with one attached hydrogen (secondary N) is 1.